The van der Waals surface area contributed by atoms with Gasteiger partial charge < -0.3 is 15.0 Å². The number of nitrogens with one attached hydrogen (secondary N) is 1. The number of aromatic nitrogens is 5. The Hall–Kier alpha value is -2.94. The zero-order valence-electron chi connectivity index (χ0n) is 19.5. The summed E-state index contributed by atoms with van der Waals surface area (Å²) in [5.41, 5.74) is 1.38. The van der Waals surface area contributed by atoms with Crippen LogP contribution in [0.2, 0.25) is 5.02 Å². The van der Waals surface area contributed by atoms with Crippen molar-refractivity contribution in [2.24, 2.45) is 17.3 Å². The summed E-state index contributed by atoms with van der Waals surface area (Å²) in [6.45, 7) is 4.87. The summed E-state index contributed by atoms with van der Waals surface area (Å²) < 4.78 is 21.8. The van der Waals surface area contributed by atoms with Gasteiger partial charge in [0.05, 0.1) is 0 Å². The summed E-state index contributed by atoms with van der Waals surface area (Å²) in [7, 11) is 0. The standard InChI is InChI=1S/C25H27ClFN7O/c1-14-7-21(29-13-28-14)33-11-19-22(18-4-5-25(18,19)12-33)30-24-31-23-20(3-2-6-34(23)32-24)35-17-9-15(26)8-16(27)10-17/h7-10,13,18-20,22H,2-6,11-12H2,1H3,(H,30,32)/t18-,19-,20-,22+,25?/m0/s1. The minimum Gasteiger partial charge on any atom is -0.482 e. The molecule has 35 heavy (non-hydrogen) atoms. The minimum atomic E-state index is -0.413. The van der Waals surface area contributed by atoms with Crippen molar-refractivity contribution < 1.29 is 9.13 Å². The van der Waals surface area contributed by atoms with Gasteiger partial charge in [0.15, 0.2) is 11.9 Å². The fraction of sp³-hybridized carbons (Fsp3) is 0.520. The molecule has 0 bridgehead atoms. The average Bonchev–Trinajstić information content (AvgIpc) is 3.40. The van der Waals surface area contributed by atoms with E-state index in [1.54, 1.807) is 12.4 Å². The van der Waals surface area contributed by atoms with Gasteiger partial charge in [0.2, 0.25) is 5.95 Å². The Morgan fingerprint density at radius 1 is 1.17 bits per heavy atom. The van der Waals surface area contributed by atoms with Crippen LogP contribution in [-0.4, -0.2) is 43.9 Å². The van der Waals surface area contributed by atoms with E-state index in [2.05, 4.69) is 26.3 Å². The largest absolute Gasteiger partial charge is 0.482 e. The smallest absolute Gasteiger partial charge is 0.242 e. The first-order chi connectivity index (χ1) is 17.0. The third-order valence-corrected chi connectivity index (χ3v) is 8.73. The highest BCUT2D eigenvalue weighted by Gasteiger charge is 2.70. The molecule has 182 valence electrons. The molecule has 2 aromatic heterocycles. The highest BCUT2D eigenvalue weighted by Crippen LogP contribution is 2.68. The van der Waals surface area contributed by atoms with E-state index in [4.69, 9.17) is 26.4 Å². The lowest BCUT2D eigenvalue weighted by Gasteiger charge is -2.65. The van der Waals surface area contributed by atoms with Crippen LogP contribution in [0.25, 0.3) is 0 Å². The number of fused-ring (bicyclic) bond motifs is 1. The molecule has 3 aromatic rings. The summed E-state index contributed by atoms with van der Waals surface area (Å²) >= 11 is 6.01. The lowest BCUT2D eigenvalue weighted by Crippen LogP contribution is -2.68. The van der Waals surface area contributed by atoms with Crippen LogP contribution in [0.3, 0.4) is 0 Å². The number of hydrogen-bond donors (Lipinski definition) is 1. The van der Waals surface area contributed by atoms with Gasteiger partial charge in [-0.15, -0.1) is 5.10 Å². The van der Waals surface area contributed by atoms with Gasteiger partial charge in [0.1, 0.15) is 23.7 Å². The van der Waals surface area contributed by atoms with Crippen LogP contribution in [0.1, 0.15) is 43.3 Å². The van der Waals surface area contributed by atoms with E-state index >= 15 is 0 Å². The Labute approximate surface area is 207 Å². The monoisotopic (exact) mass is 495 g/mol. The van der Waals surface area contributed by atoms with E-state index in [1.165, 1.54) is 25.0 Å². The third-order valence-electron chi connectivity index (χ3n) is 8.52. The van der Waals surface area contributed by atoms with E-state index in [9.17, 15) is 4.39 Å². The van der Waals surface area contributed by atoms with E-state index in [0.717, 1.165) is 49.8 Å². The number of aryl methyl sites for hydroxylation is 2. The van der Waals surface area contributed by atoms with Gasteiger partial charge in [-0.05, 0) is 56.1 Å². The maximum Gasteiger partial charge on any atom is 0.242 e. The van der Waals surface area contributed by atoms with E-state index in [-0.39, 0.29) is 6.10 Å². The summed E-state index contributed by atoms with van der Waals surface area (Å²) in [5, 5.41) is 8.76. The number of rotatable bonds is 5. The molecule has 4 heterocycles. The lowest BCUT2D eigenvalue weighted by atomic mass is 9.41. The second kappa shape index (κ2) is 7.78. The molecule has 2 aliphatic carbocycles. The zero-order chi connectivity index (χ0) is 23.7. The quantitative estimate of drug-likeness (QED) is 0.561. The van der Waals surface area contributed by atoms with E-state index in [0.29, 0.717) is 40.0 Å². The first kappa shape index (κ1) is 21.4. The summed E-state index contributed by atoms with van der Waals surface area (Å²) in [4.78, 5) is 16.0. The second-order valence-electron chi connectivity index (χ2n) is 10.4. The Bertz CT molecular complexity index is 1280. The molecular formula is C25H27ClFN7O. The molecule has 3 fully saturated rings. The SMILES string of the molecule is Cc1cc(N2C[C@H]3[C@H](Nc4nc5n(n4)CCC[C@@H]5Oc4cc(F)cc(Cl)c4)[C@@H]4CCC43C2)ncn1. The molecule has 1 spiro atoms. The third kappa shape index (κ3) is 3.38. The molecule has 8 nitrogen and oxygen atoms in total. The van der Waals surface area contributed by atoms with Crippen LogP contribution < -0.4 is 15.0 Å². The van der Waals surface area contributed by atoms with Crippen molar-refractivity contribution >= 4 is 23.4 Å². The van der Waals surface area contributed by atoms with Crippen LogP contribution >= 0.6 is 11.6 Å². The average molecular weight is 496 g/mol. The van der Waals surface area contributed by atoms with Gasteiger partial charge in [-0.1, -0.05) is 11.6 Å². The fourth-order valence-electron chi connectivity index (χ4n) is 6.85. The summed E-state index contributed by atoms with van der Waals surface area (Å²) in [6.07, 6.45) is 5.63. The molecule has 10 heteroatoms. The van der Waals surface area contributed by atoms with Crippen molar-refractivity contribution in [2.75, 3.05) is 23.3 Å². The second-order valence-corrected chi connectivity index (χ2v) is 10.9. The van der Waals surface area contributed by atoms with Crippen molar-refractivity contribution in [3.8, 4) is 5.75 Å². The Morgan fingerprint density at radius 3 is 2.89 bits per heavy atom. The first-order valence-corrected chi connectivity index (χ1v) is 12.7. The lowest BCUT2D eigenvalue weighted by molar-refractivity contribution is -0.117. The maximum absolute atomic E-state index is 13.8. The Balaban J connectivity index is 1.09. The predicted octanol–water partition coefficient (Wildman–Crippen LogP) is 4.41. The molecule has 1 N–H and O–H groups in total. The summed E-state index contributed by atoms with van der Waals surface area (Å²) in [5.74, 6) is 3.66. The maximum atomic E-state index is 13.8. The van der Waals surface area contributed by atoms with Crippen LogP contribution in [0.5, 0.6) is 5.75 Å². The molecule has 0 radical (unpaired) electrons. The number of ether oxygens (including phenoxy) is 1. The van der Waals surface area contributed by atoms with Crippen molar-refractivity contribution in [3.63, 3.8) is 0 Å². The van der Waals surface area contributed by atoms with Gasteiger partial charge in [0.25, 0.3) is 0 Å². The molecule has 2 saturated carbocycles. The number of anilines is 2. The number of halogens is 2. The van der Waals surface area contributed by atoms with Gasteiger partial charge in [-0.25, -0.2) is 19.0 Å². The van der Waals surface area contributed by atoms with Crippen LogP contribution in [0, 0.1) is 30.0 Å². The van der Waals surface area contributed by atoms with Crippen LogP contribution in [0.15, 0.2) is 30.6 Å². The van der Waals surface area contributed by atoms with Crippen molar-refractivity contribution in [2.45, 2.75) is 51.3 Å². The van der Waals surface area contributed by atoms with Crippen molar-refractivity contribution in [3.05, 3.63) is 53.0 Å². The molecule has 1 aromatic carbocycles. The van der Waals surface area contributed by atoms with Crippen LogP contribution in [-0.2, 0) is 6.54 Å². The highest BCUT2D eigenvalue weighted by molar-refractivity contribution is 6.30. The molecule has 0 amide bonds. The van der Waals surface area contributed by atoms with Gasteiger partial charge in [-0.2, -0.15) is 4.98 Å². The van der Waals surface area contributed by atoms with Gasteiger partial charge in [0, 0.05) is 54.4 Å². The molecule has 4 aliphatic rings. The van der Waals surface area contributed by atoms with Crippen molar-refractivity contribution in [1.82, 2.24) is 24.7 Å². The minimum absolute atomic E-state index is 0.281. The number of nitrogens with zero attached hydrogens (tertiary/aromatic N) is 6. The molecule has 5 atom stereocenters. The van der Waals surface area contributed by atoms with E-state index in [1.807, 2.05) is 11.6 Å². The molecule has 2 aliphatic heterocycles. The highest BCUT2D eigenvalue weighted by atomic mass is 35.5. The topological polar surface area (TPSA) is 81.0 Å². The zero-order valence-corrected chi connectivity index (χ0v) is 20.2. The fourth-order valence-corrected chi connectivity index (χ4v) is 7.06. The predicted molar refractivity (Wildman–Crippen MR) is 129 cm³/mol. The van der Waals surface area contributed by atoms with Gasteiger partial charge >= 0.3 is 0 Å². The first-order valence-electron chi connectivity index (χ1n) is 12.4. The molecule has 1 saturated heterocycles. The number of hydrogen-bond acceptors (Lipinski definition) is 7. The van der Waals surface area contributed by atoms with Crippen LogP contribution in [0.4, 0.5) is 16.2 Å². The van der Waals surface area contributed by atoms with Gasteiger partial charge in [-0.3, -0.25) is 0 Å². The molecular weight excluding hydrogens is 469 g/mol. The Morgan fingerprint density at radius 2 is 2.09 bits per heavy atom. The summed E-state index contributed by atoms with van der Waals surface area (Å²) in [6, 6.07) is 6.70. The molecule has 1 unspecified atom stereocenters. The molecule has 7 rings (SSSR count). The number of benzene rings is 1. The van der Waals surface area contributed by atoms with E-state index < -0.39 is 5.82 Å². The van der Waals surface area contributed by atoms with Crippen molar-refractivity contribution in [1.29, 1.82) is 0 Å². The normalized spacial score (nSPS) is 30.5. The Kier molecular flexibility index (Phi) is 4.75.